The Bertz CT molecular complexity index is 720. The third-order valence-electron chi connectivity index (χ3n) is 3.67. The molecule has 2 aromatic carbocycles. The van der Waals surface area contributed by atoms with Crippen molar-refractivity contribution in [2.45, 2.75) is 19.4 Å². The van der Waals surface area contributed by atoms with Crippen LogP contribution in [-0.2, 0) is 11.2 Å². The number of hydrogen-bond donors (Lipinski definition) is 1. The van der Waals surface area contributed by atoms with Crippen molar-refractivity contribution in [1.29, 1.82) is 0 Å². The van der Waals surface area contributed by atoms with Gasteiger partial charge in [-0.1, -0.05) is 18.2 Å². The molecule has 25 heavy (non-hydrogen) atoms. The maximum Gasteiger partial charge on any atom is 0.260 e. The highest BCUT2D eigenvalue weighted by atomic mass is 19.1. The quantitative estimate of drug-likeness (QED) is 0.798. The molecule has 0 aliphatic heterocycles. The third-order valence-corrected chi connectivity index (χ3v) is 3.67. The van der Waals surface area contributed by atoms with Crippen LogP contribution in [0, 0.1) is 5.82 Å². The highest BCUT2D eigenvalue weighted by Crippen LogP contribution is 2.27. The van der Waals surface area contributed by atoms with Gasteiger partial charge in [-0.15, -0.1) is 0 Å². The third kappa shape index (κ3) is 5.11. The van der Waals surface area contributed by atoms with Crippen molar-refractivity contribution in [3.8, 4) is 17.2 Å². The van der Waals surface area contributed by atoms with Gasteiger partial charge in [0.05, 0.1) is 14.2 Å². The van der Waals surface area contributed by atoms with Crippen molar-refractivity contribution in [3.05, 3.63) is 53.8 Å². The monoisotopic (exact) mass is 347 g/mol. The molecule has 2 rings (SSSR count). The van der Waals surface area contributed by atoms with E-state index in [0.29, 0.717) is 24.5 Å². The van der Waals surface area contributed by atoms with E-state index in [1.54, 1.807) is 33.3 Å². The van der Waals surface area contributed by atoms with Gasteiger partial charge in [0.2, 0.25) is 0 Å². The first kappa shape index (κ1) is 18.6. The minimum atomic E-state index is -0.790. The Morgan fingerprint density at radius 3 is 2.48 bits per heavy atom. The number of benzene rings is 2. The second-order valence-electron chi connectivity index (χ2n) is 5.42. The van der Waals surface area contributed by atoms with Gasteiger partial charge in [-0.05, 0) is 43.2 Å². The van der Waals surface area contributed by atoms with Crippen LogP contribution in [0.2, 0.25) is 0 Å². The lowest BCUT2D eigenvalue weighted by Crippen LogP contribution is -2.37. The van der Waals surface area contributed by atoms with Crippen LogP contribution in [0.1, 0.15) is 12.5 Å². The number of ether oxygens (including phenoxy) is 3. The molecular weight excluding hydrogens is 325 g/mol. The van der Waals surface area contributed by atoms with E-state index in [2.05, 4.69) is 5.32 Å². The largest absolute Gasteiger partial charge is 0.493 e. The number of hydrogen-bond acceptors (Lipinski definition) is 4. The zero-order chi connectivity index (χ0) is 18.2. The average molecular weight is 347 g/mol. The summed E-state index contributed by atoms with van der Waals surface area (Å²) in [6.45, 7) is 2.01. The molecule has 1 atom stereocenters. The summed E-state index contributed by atoms with van der Waals surface area (Å²) in [6.07, 6.45) is -0.166. The number of carbonyl (C=O) groups is 1. The molecule has 0 spiro atoms. The van der Waals surface area contributed by atoms with E-state index in [4.69, 9.17) is 14.2 Å². The maximum absolute atomic E-state index is 13.5. The average Bonchev–Trinajstić information content (AvgIpc) is 2.63. The van der Waals surface area contributed by atoms with Gasteiger partial charge in [-0.3, -0.25) is 4.79 Å². The van der Waals surface area contributed by atoms with Gasteiger partial charge in [0.1, 0.15) is 0 Å². The predicted octanol–water partition coefficient (Wildman–Crippen LogP) is 2.97. The Balaban J connectivity index is 1.84. The summed E-state index contributed by atoms with van der Waals surface area (Å²) in [5, 5.41) is 2.78. The van der Waals surface area contributed by atoms with Crippen molar-refractivity contribution >= 4 is 5.91 Å². The number of rotatable bonds is 8. The van der Waals surface area contributed by atoms with Crippen LogP contribution >= 0.6 is 0 Å². The minimum Gasteiger partial charge on any atom is -0.493 e. The number of amides is 1. The topological polar surface area (TPSA) is 56.8 Å². The first-order valence-electron chi connectivity index (χ1n) is 7.95. The highest BCUT2D eigenvalue weighted by Gasteiger charge is 2.16. The standard InChI is InChI=1S/C19H22FNO4/c1-13(25-16-7-5-4-6-15(16)20)19(22)21-11-10-14-8-9-17(23-2)18(12-14)24-3/h4-9,12-13H,10-11H2,1-3H3,(H,21,22). The van der Waals surface area contributed by atoms with Crippen LogP contribution in [0.3, 0.4) is 0 Å². The predicted molar refractivity (Wildman–Crippen MR) is 92.7 cm³/mol. The number of nitrogens with one attached hydrogen (secondary N) is 1. The van der Waals surface area contributed by atoms with Crippen LogP contribution in [0.15, 0.2) is 42.5 Å². The first-order chi connectivity index (χ1) is 12.0. The zero-order valence-electron chi connectivity index (χ0n) is 14.5. The number of para-hydroxylation sites is 1. The molecule has 1 unspecified atom stereocenters. The summed E-state index contributed by atoms with van der Waals surface area (Å²) in [5.74, 6) is 0.561. The number of methoxy groups -OCH3 is 2. The van der Waals surface area contributed by atoms with Gasteiger partial charge in [0, 0.05) is 6.54 Å². The van der Waals surface area contributed by atoms with E-state index >= 15 is 0 Å². The maximum atomic E-state index is 13.5. The second-order valence-corrected chi connectivity index (χ2v) is 5.42. The van der Waals surface area contributed by atoms with E-state index < -0.39 is 11.9 Å². The van der Waals surface area contributed by atoms with E-state index in [0.717, 1.165) is 5.56 Å². The molecule has 1 N–H and O–H groups in total. The summed E-state index contributed by atoms with van der Waals surface area (Å²) < 4.78 is 29.3. The lowest BCUT2D eigenvalue weighted by atomic mass is 10.1. The van der Waals surface area contributed by atoms with E-state index in [9.17, 15) is 9.18 Å². The summed E-state index contributed by atoms with van der Waals surface area (Å²) in [7, 11) is 3.15. The Labute approximate surface area is 146 Å². The van der Waals surface area contributed by atoms with Crippen molar-refractivity contribution in [3.63, 3.8) is 0 Å². The Morgan fingerprint density at radius 2 is 1.80 bits per heavy atom. The summed E-state index contributed by atoms with van der Waals surface area (Å²) >= 11 is 0. The Hall–Kier alpha value is -2.76. The lowest BCUT2D eigenvalue weighted by molar-refractivity contribution is -0.127. The smallest absolute Gasteiger partial charge is 0.260 e. The molecule has 134 valence electrons. The van der Waals surface area contributed by atoms with Gasteiger partial charge in [-0.2, -0.15) is 0 Å². The van der Waals surface area contributed by atoms with Gasteiger partial charge < -0.3 is 19.5 Å². The normalized spacial score (nSPS) is 11.5. The van der Waals surface area contributed by atoms with Crippen molar-refractivity contribution < 1.29 is 23.4 Å². The summed E-state index contributed by atoms with van der Waals surface area (Å²) in [4.78, 5) is 12.1. The number of halogens is 1. The number of carbonyl (C=O) groups excluding carboxylic acids is 1. The fraction of sp³-hybridized carbons (Fsp3) is 0.316. The van der Waals surface area contributed by atoms with E-state index in [-0.39, 0.29) is 11.7 Å². The molecule has 1 amide bonds. The molecule has 6 heteroatoms. The molecule has 0 heterocycles. The molecule has 5 nitrogen and oxygen atoms in total. The van der Waals surface area contributed by atoms with Gasteiger partial charge in [0.25, 0.3) is 5.91 Å². The fourth-order valence-corrected chi connectivity index (χ4v) is 2.29. The van der Waals surface area contributed by atoms with Crippen molar-refractivity contribution in [2.24, 2.45) is 0 Å². The summed E-state index contributed by atoms with van der Waals surface area (Å²) in [5.41, 5.74) is 1.00. The van der Waals surface area contributed by atoms with Crippen LogP contribution in [0.4, 0.5) is 4.39 Å². The first-order valence-corrected chi connectivity index (χ1v) is 7.95. The molecule has 0 aliphatic carbocycles. The van der Waals surface area contributed by atoms with E-state index in [1.807, 2.05) is 18.2 Å². The molecule has 0 aromatic heterocycles. The molecule has 2 aromatic rings. The van der Waals surface area contributed by atoms with Crippen LogP contribution in [-0.4, -0.2) is 32.8 Å². The van der Waals surface area contributed by atoms with Crippen LogP contribution in [0.25, 0.3) is 0 Å². The molecule has 0 radical (unpaired) electrons. The van der Waals surface area contributed by atoms with Crippen LogP contribution in [0.5, 0.6) is 17.2 Å². The van der Waals surface area contributed by atoms with Gasteiger partial charge >= 0.3 is 0 Å². The second kappa shape index (κ2) is 8.92. The fourth-order valence-electron chi connectivity index (χ4n) is 2.29. The molecule has 0 fully saturated rings. The summed E-state index contributed by atoms with van der Waals surface area (Å²) in [6, 6.07) is 11.6. The molecule has 0 saturated heterocycles. The molecular formula is C19H22FNO4. The van der Waals surface area contributed by atoms with Crippen molar-refractivity contribution in [2.75, 3.05) is 20.8 Å². The zero-order valence-corrected chi connectivity index (χ0v) is 14.5. The highest BCUT2D eigenvalue weighted by molar-refractivity contribution is 5.80. The van der Waals surface area contributed by atoms with Gasteiger partial charge in [0.15, 0.2) is 29.2 Å². The molecule has 0 bridgehead atoms. The Morgan fingerprint density at radius 1 is 1.08 bits per heavy atom. The SMILES string of the molecule is COc1ccc(CCNC(=O)C(C)Oc2ccccc2F)cc1OC. The van der Waals surface area contributed by atoms with Crippen molar-refractivity contribution in [1.82, 2.24) is 5.32 Å². The van der Waals surface area contributed by atoms with Gasteiger partial charge in [-0.25, -0.2) is 4.39 Å². The van der Waals surface area contributed by atoms with Crippen LogP contribution < -0.4 is 19.5 Å². The molecule has 0 saturated carbocycles. The lowest BCUT2D eigenvalue weighted by Gasteiger charge is -2.15. The molecule has 0 aliphatic rings. The van der Waals surface area contributed by atoms with E-state index in [1.165, 1.54) is 12.1 Å². The minimum absolute atomic E-state index is 0.0602. The Kier molecular flexibility index (Phi) is 6.62.